The summed E-state index contributed by atoms with van der Waals surface area (Å²) in [7, 11) is 0. The van der Waals surface area contributed by atoms with Crippen molar-refractivity contribution in [2.24, 2.45) is 0 Å². The molecule has 0 bridgehead atoms. The lowest BCUT2D eigenvalue weighted by molar-refractivity contribution is -0.155. The normalized spacial score (nSPS) is 16.1. The van der Waals surface area contributed by atoms with Crippen molar-refractivity contribution in [3.63, 3.8) is 0 Å². The summed E-state index contributed by atoms with van der Waals surface area (Å²) in [5, 5.41) is 20.6. The number of carbonyl (C=O) groups is 2. The molecule has 0 saturated carbocycles. The molecule has 0 spiro atoms. The van der Waals surface area contributed by atoms with Crippen molar-refractivity contribution in [1.82, 2.24) is 5.32 Å². The van der Waals surface area contributed by atoms with E-state index in [0.717, 1.165) is 24.7 Å². The molecular formula is C13H15NO5. The Bertz CT molecular complexity index is 524. The van der Waals surface area contributed by atoms with Gasteiger partial charge in [-0.05, 0) is 30.7 Å². The summed E-state index contributed by atoms with van der Waals surface area (Å²) >= 11 is 0. The molecule has 1 atom stereocenters. The van der Waals surface area contributed by atoms with Gasteiger partial charge >= 0.3 is 5.97 Å². The Morgan fingerprint density at radius 2 is 2.21 bits per heavy atom. The van der Waals surface area contributed by atoms with Crippen LogP contribution in [0.2, 0.25) is 0 Å². The van der Waals surface area contributed by atoms with Gasteiger partial charge < -0.3 is 20.3 Å². The first-order valence-corrected chi connectivity index (χ1v) is 5.90. The average Bonchev–Trinajstić information content (AvgIpc) is 2.82. The quantitative estimate of drug-likeness (QED) is 0.722. The lowest BCUT2D eigenvalue weighted by atomic mass is 10.1. The zero-order valence-corrected chi connectivity index (χ0v) is 10.5. The van der Waals surface area contributed by atoms with Crippen molar-refractivity contribution in [3.05, 3.63) is 29.3 Å². The fraction of sp³-hybridized carbons (Fsp3) is 0.385. The molecule has 6 heteroatoms. The van der Waals surface area contributed by atoms with Crippen molar-refractivity contribution in [1.29, 1.82) is 0 Å². The van der Waals surface area contributed by atoms with Crippen LogP contribution >= 0.6 is 0 Å². The van der Waals surface area contributed by atoms with Crippen molar-refractivity contribution >= 4 is 11.9 Å². The number of carboxylic acid groups (broad SMARTS) is 1. The van der Waals surface area contributed by atoms with Gasteiger partial charge in [-0.1, -0.05) is 0 Å². The van der Waals surface area contributed by atoms with Crippen molar-refractivity contribution in [2.75, 3.05) is 13.2 Å². The van der Waals surface area contributed by atoms with E-state index in [2.05, 4.69) is 5.32 Å². The molecule has 3 N–H and O–H groups in total. The highest BCUT2D eigenvalue weighted by molar-refractivity contribution is 5.95. The van der Waals surface area contributed by atoms with E-state index in [4.69, 9.17) is 9.84 Å². The molecule has 2 rings (SSSR count). The molecule has 1 heterocycles. The Morgan fingerprint density at radius 3 is 2.89 bits per heavy atom. The topological polar surface area (TPSA) is 95.9 Å². The van der Waals surface area contributed by atoms with Crippen LogP contribution in [-0.4, -0.2) is 40.8 Å². The van der Waals surface area contributed by atoms with Crippen LogP contribution in [0.4, 0.5) is 0 Å². The summed E-state index contributed by atoms with van der Waals surface area (Å²) in [4.78, 5) is 22.6. The van der Waals surface area contributed by atoms with E-state index in [9.17, 15) is 14.7 Å². The summed E-state index contributed by atoms with van der Waals surface area (Å²) in [6, 6.07) is 5.04. The molecule has 1 aromatic rings. The molecule has 0 aliphatic carbocycles. The van der Waals surface area contributed by atoms with Gasteiger partial charge in [-0.2, -0.15) is 0 Å². The third kappa shape index (κ3) is 2.85. The Labute approximate surface area is 110 Å². The van der Waals surface area contributed by atoms with Gasteiger partial charge in [0, 0.05) is 12.0 Å². The van der Waals surface area contributed by atoms with Gasteiger partial charge in [-0.25, -0.2) is 4.79 Å². The second-order valence-corrected chi connectivity index (χ2v) is 4.68. The van der Waals surface area contributed by atoms with Crippen LogP contribution in [0.1, 0.15) is 22.8 Å². The van der Waals surface area contributed by atoms with Crippen LogP contribution in [0, 0.1) is 0 Å². The maximum absolute atomic E-state index is 11.9. The smallest absolute Gasteiger partial charge is 0.337 e. The Morgan fingerprint density at radius 1 is 1.47 bits per heavy atom. The lowest BCUT2D eigenvalue weighted by Crippen LogP contribution is -2.46. The number of aliphatic carboxylic acids is 1. The van der Waals surface area contributed by atoms with Crippen LogP contribution in [-0.2, 0) is 11.2 Å². The van der Waals surface area contributed by atoms with Crippen LogP contribution in [0.5, 0.6) is 5.75 Å². The Balaban J connectivity index is 2.03. The summed E-state index contributed by atoms with van der Waals surface area (Å²) in [5.74, 6) is -1.03. The zero-order chi connectivity index (χ0) is 14.0. The number of aliphatic hydroxyl groups is 1. The molecular weight excluding hydrogens is 250 g/mol. The van der Waals surface area contributed by atoms with Crippen LogP contribution in [0.3, 0.4) is 0 Å². The molecule has 19 heavy (non-hydrogen) atoms. The first-order chi connectivity index (χ1) is 8.90. The number of ether oxygens (including phenoxy) is 1. The van der Waals surface area contributed by atoms with Gasteiger partial charge in [0.15, 0.2) is 5.60 Å². The SMILES string of the molecule is CC(O)(CNC(=O)c1ccc2c(c1)CCO2)C(=O)O. The van der Waals surface area contributed by atoms with Gasteiger partial charge in [0.2, 0.25) is 0 Å². The van der Waals surface area contributed by atoms with E-state index >= 15 is 0 Å². The second kappa shape index (κ2) is 4.89. The molecule has 1 amide bonds. The minimum absolute atomic E-state index is 0.352. The minimum atomic E-state index is -1.98. The molecule has 0 saturated heterocycles. The number of hydrogen-bond acceptors (Lipinski definition) is 4. The van der Waals surface area contributed by atoms with Crippen molar-refractivity contribution < 1.29 is 24.5 Å². The van der Waals surface area contributed by atoms with Gasteiger partial charge in [0.05, 0.1) is 13.2 Å². The number of rotatable bonds is 4. The van der Waals surface area contributed by atoms with Crippen LogP contribution in [0.15, 0.2) is 18.2 Å². The van der Waals surface area contributed by atoms with Crippen LogP contribution in [0.25, 0.3) is 0 Å². The third-order valence-corrected chi connectivity index (χ3v) is 3.01. The lowest BCUT2D eigenvalue weighted by Gasteiger charge is -2.18. The van der Waals surface area contributed by atoms with Crippen LogP contribution < -0.4 is 10.1 Å². The maximum atomic E-state index is 11.9. The largest absolute Gasteiger partial charge is 0.493 e. The van der Waals surface area contributed by atoms with E-state index in [1.165, 1.54) is 0 Å². The van der Waals surface area contributed by atoms with Crippen molar-refractivity contribution in [3.8, 4) is 5.75 Å². The second-order valence-electron chi connectivity index (χ2n) is 4.68. The number of amides is 1. The van der Waals surface area contributed by atoms with Gasteiger partial charge in [0.1, 0.15) is 5.75 Å². The molecule has 102 valence electrons. The zero-order valence-electron chi connectivity index (χ0n) is 10.5. The predicted molar refractivity (Wildman–Crippen MR) is 66.2 cm³/mol. The number of carboxylic acids is 1. The molecule has 1 aromatic carbocycles. The number of fused-ring (bicyclic) bond motifs is 1. The molecule has 1 unspecified atom stereocenters. The highest BCUT2D eigenvalue weighted by Crippen LogP contribution is 2.25. The highest BCUT2D eigenvalue weighted by Gasteiger charge is 2.30. The Kier molecular flexibility index (Phi) is 3.44. The van der Waals surface area contributed by atoms with Gasteiger partial charge in [0.25, 0.3) is 5.91 Å². The number of hydrogen-bond donors (Lipinski definition) is 3. The molecule has 0 aromatic heterocycles. The van der Waals surface area contributed by atoms with E-state index < -0.39 is 17.5 Å². The standard InChI is InChI=1S/C13H15NO5/c1-13(18,12(16)17)7-14-11(15)9-2-3-10-8(6-9)4-5-19-10/h2-3,6,18H,4-5,7H2,1H3,(H,14,15)(H,16,17). The molecule has 1 aliphatic heterocycles. The fourth-order valence-corrected chi connectivity index (χ4v) is 1.76. The van der Waals surface area contributed by atoms with Crippen molar-refractivity contribution in [2.45, 2.75) is 18.9 Å². The highest BCUT2D eigenvalue weighted by atomic mass is 16.5. The summed E-state index contributed by atoms with van der Waals surface area (Å²) in [5.41, 5.74) is -0.599. The number of benzene rings is 1. The minimum Gasteiger partial charge on any atom is -0.493 e. The van der Waals surface area contributed by atoms with E-state index in [1.54, 1.807) is 18.2 Å². The van der Waals surface area contributed by atoms with Gasteiger partial charge in [-0.3, -0.25) is 4.79 Å². The fourth-order valence-electron chi connectivity index (χ4n) is 1.76. The molecule has 6 nitrogen and oxygen atoms in total. The number of carbonyl (C=O) groups excluding carboxylic acids is 1. The van der Waals surface area contributed by atoms with E-state index in [-0.39, 0.29) is 6.54 Å². The monoisotopic (exact) mass is 265 g/mol. The molecule has 0 fully saturated rings. The Hall–Kier alpha value is -2.08. The summed E-state index contributed by atoms with van der Waals surface area (Å²) in [6.07, 6.45) is 0.753. The summed E-state index contributed by atoms with van der Waals surface area (Å²) in [6.45, 7) is 1.38. The molecule has 0 radical (unpaired) electrons. The summed E-state index contributed by atoms with van der Waals surface area (Å²) < 4.78 is 5.33. The van der Waals surface area contributed by atoms with E-state index in [0.29, 0.717) is 12.2 Å². The first kappa shape index (κ1) is 13.4. The predicted octanol–water partition coefficient (Wildman–Crippen LogP) is 0.187. The first-order valence-electron chi connectivity index (χ1n) is 5.90. The number of nitrogens with one attached hydrogen (secondary N) is 1. The average molecular weight is 265 g/mol. The maximum Gasteiger partial charge on any atom is 0.337 e. The molecule has 1 aliphatic rings. The third-order valence-electron chi connectivity index (χ3n) is 3.01. The van der Waals surface area contributed by atoms with E-state index in [1.807, 2.05) is 0 Å². The van der Waals surface area contributed by atoms with Gasteiger partial charge in [-0.15, -0.1) is 0 Å².